The number of carbonyl (C=O) groups is 1. The summed E-state index contributed by atoms with van der Waals surface area (Å²) in [5, 5.41) is 3.93. The summed E-state index contributed by atoms with van der Waals surface area (Å²) in [5.41, 5.74) is 0.755. The second-order valence-corrected chi connectivity index (χ2v) is 9.86. The number of benzene rings is 1. The fraction of sp³-hybridized carbons (Fsp3) is 0.480. The SMILES string of the molecule is Cc1nc(C)c(-c2nc(-c3cccc(C(F)(F)F)c3)no2)c(C2CCN(C(=O)OC(C)(C)C)CC2)n1. The van der Waals surface area contributed by atoms with Crippen molar-refractivity contribution in [3.63, 3.8) is 0 Å². The van der Waals surface area contributed by atoms with E-state index in [1.165, 1.54) is 12.1 Å². The number of hydrogen-bond acceptors (Lipinski definition) is 7. The molecule has 1 saturated heterocycles. The van der Waals surface area contributed by atoms with Crippen LogP contribution in [0.25, 0.3) is 22.8 Å². The molecule has 0 radical (unpaired) electrons. The van der Waals surface area contributed by atoms with Gasteiger partial charge in [0.05, 0.1) is 22.5 Å². The number of likely N-dealkylation sites (tertiary alicyclic amines) is 1. The maximum atomic E-state index is 13.1. The van der Waals surface area contributed by atoms with Crippen LogP contribution in [-0.2, 0) is 10.9 Å². The Morgan fingerprint density at radius 1 is 1.08 bits per heavy atom. The molecule has 0 aliphatic carbocycles. The molecule has 0 bridgehead atoms. The molecule has 3 heterocycles. The second kappa shape index (κ2) is 9.51. The van der Waals surface area contributed by atoms with Gasteiger partial charge in [-0.3, -0.25) is 0 Å². The Kier molecular flexibility index (Phi) is 6.76. The van der Waals surface area contributed by atoms with Crippen molar-refractivity contribution in [2.45, 2.75) is 65.2 Å². The molecule has 0 N–H and O–H groups in total. The lowest BCUT2D eigenvalue weighted by atomic mass is 9.90. The maximum Gasteiger partial charge on any atom is 0.416 e. The Hall–Kier alpha value is -3.50. The fourth-order valence-electron chi connectivity index (χ4n) is 4.24. The quantitative estimate of drug-likeness (QED) is 0.436. The van der Waals surface area contributed by atoms with E-state index in [2.05, 4.69) is 20.1 Å². The summed E-state index contributed by atoms with van der Waals surface area (Å²) < 4.78 is 50.4. The lowest BCUT2D eigenvalue weighted by molar-refractivity contribution is -0.137. The number of aromatic nitrogens is 4. The smallest absolute Gasteiger partial charge is 0.416 e. The van der Waals surface area contributed by atoms with Crippen LogP contribution in [0.4, 0.5) is 18.0 Å². The average molecular weight is 504 g/mol. The second-order valence-electron chi connectivity index (χ2n) is 9.86. The molecular weight excluding hydrogens is 475 g/mol. The van der Waals surface area contributed by atoms with Crippen molar-refractivity contribution in [3.05, 3.63) is 47.0 Å². The van der Waals surface area contributed by atoms with Crippen molar-refractivity contribution in [3.8, 4) is 22.8 Å². The molecule has 1 aromatic carbocycles. The van der Waals surface area contributed by atoms with E-state index >= 15 is 0 Å². The van der Waals surface area contributed by atoms with Crippen LogP contribution in [0.5, 0.6) is 0 Å². The van der Waals surface area contributed by atoms with Crippen molar-refractivity contribution >= 4 is 6.09 Å². The number of halogens is 3. The highest BCUT2D eigenvalue weighted by Crippen LogP contribution is 2.37. The summed E-state index contributed by atoms with van der Waals surface area (Å²) in [6.45, 7) is 10.1. The Labute approximate surface area is 206 Å². The Bertz CT molecular complexity index is 1260. The van der Waals surface area contributed by atoms with Gasteiger partial charge in [0.1, 0.15) is 11.4 Å². The van der Waals surface area contributed by atoms with Crippen LogP contribution in [0.3, 0.4) is 0 Å². The van der Waals surface area contributed by atoms with E-state index in [4.69, 9.17) is 9.26 Å². The van der Waals surface area contributed by atoms with Gasteiger partial charge in [0.25, 0.3) is 5.89 Å². The minimum absolute atomic E-state index is 0.00277. The molecule has 1 amide bonds. The minimum atomic E-state index is -4.48. The van der Waals surface area contributed by atoms with Gasteiger partial charge in [-0.25, -0.2) is 14.8 Å². The van der Waals surface area contributed by atoms with Gasteiger partial charge in [-0.15, -0.1) is 0 Å². The van der Waals surface area contributed by atoms with E-state index in [0.29, 0.717) is 43.0 Å². The standard InChI is InChI=1S/C25H28F3N5O3/c1-14-19(22-31-21(32-36-22)17-7-6-8-18(13-17)25(26,27)28)20(30-15(2)29-14)16-9-11-33(12-10-16)23(34)35-24(3,4)5/h6-8,13,16H,9-12H2,1-5H3. The highest BCUT2D eigenvalue weighted by molar-refractivity contribution is 5.68. The Morgan fingerprint density at radius 2 is 1.78 bits per heavy atom. The molecule has 3 aromatic rings. The van der Waals surface area contributed by atoms with Crippen LogP contribution in [0.2, 0.25) is 0 Å². The van der Waals surface area contributed by atoms with Gasteiger partial charge < -0.3 is 14.2 Å². The van der Waals surface area contributed by atoms with Gasteiger partial charge in [0.2, 0.25) is 5.82 Å². The average Bonchev–Trinajstić information content (AvgIpc) is 3.27. The van der Waals surface area contributed by atoms with Gasteiger partial charge in [0, 0.05) is 24.6 Å². The van der Waals surface area contributed by atoms with Gasteiger partial charge in [0.15, 0.2) is 0 Å². The number of ether oxygens (including phenoxy) is 1. The largest absolute Gasteiger partial charge is 0.444 e. The zero-order valence-corrected chi connectivity index (χ0v) is 20.8. The monoisotopic (exact) mass is 503 g/mol. The third-order valence-corrected chi connectivity index (χ3v) is 5.85. The zero-order chi connectivity index (χ0) is 26.3. The molecule has 8 nitrogen and oxygen atoms in total. The predicted octanol–water partition coefficient (Wildman–Crippen LogP) is 5.94. The van der Waals surface area contributed by atoms with Crippen LogP contribution >= 0.6 is 0 Å². The molecule has 1 aliphatic heterocycles. The summed E-state index contributed by atoms with van der Waals surface area (Å²) in [6, 6.07) is 4.78. The van der Waals surface area contributed by atoms with Crippen LogP contribution in [0, 0.1) is 13.8 Å². The van der Waals surface area contributed by atoms with Gasteiger partial charge in [-0.05, 0) is 59.6 Å². The fourth-order valence-corrected chi connectivity index (χ4v) is 4.24. The van der Waals surface area contributed by atoms with E-state index in [9.17, 15) is 18.0 Å². The first-order valence-electron chi connectivity index (χ1n) is 11.7. The van der Waals surface area contributed by atoms with Crippen LogP contribution in [0.15, 0.2) is 28.8 Å². The zero-order valence-electron chi connectivity index (χ0n) is 20.8. The summed E-state index contributed by atoms with van der Waals surface area (Å²) in [5.74, 6) is 0.771. The Morgan fingerprint density at radius 3 is 2.42 bits per heavy atom. The summed E-state index contributed by atoms with van der Waals surface area (Å²) in [7, 11) is 0. The summed E-state index contributed by atoms with van der Waals surface area (Å²) >= 11 is 0. The number of carbonyl (C=O) groups excluding carboxylic acids is 1. The van der Waals surface area contributed by atoms with Gasteiger partial charge in [-0.2, -0.15) is 18.2 Å². The molecule has 11 heteroatoms. The van der Waals surface area contributed by atoms with E-state index in [1.807, 2.05) is 20.8 Å². The number of amides is 1. The van der Waals surface area contributed by atoms with Crippen molar-refractivity contribution in [1.82, 2.24) is 25.0 Å². The molecule has 1 fully saturated rings. The number of piperidine rings is 1. The lowest BCUT2D eigenvalue weighted by Crippen LogP contribution is -2.41. The predicted molar refractivity (Wildman–Crippen MR) is 125 cm³/mol. The molecule has 2 aromatic heterocycles. The van der Waals surface area contributed by atoms with Gasteiger partial charge >= 0.3 is 12.3 Å². The van der Waals surface area contributed by atoms with Crippen LogP contribution < -0.4 is 0 Å². The molecular formula is C25H28F3N5O3. The van der Waals surface area contributed by atoms with E-state index < -0.39 is 17.3 Å². The number of hydrogen-bond donors (Lipinski definition) is 0. The number of rotatable bonds is 3. The van der Waals surface area contributed by atoms with Gasteiger partial charge in [-0.1, -0.05) is 17.3 Å². The van der Waals surface area contributed by atoms with Crippen molar-refractivity contribution in [2.75, 3.05) is 13.1 Å². The number of nitrogens with zero attached hydrogens (tertiary/aromatic N) is 5. The Balaban J connectivity index is 1.61. The first-order chi connectivity index (χ1) is 16.8. The van der Waals surface area contributed by atoms with Crippen LogP contribution in [0.1, 0.15) is 62.3 Å². The molecule has 0 saturated carbocycles. The topological polar surface area (TPSA) is 94.2 Å². The molecule has 0 spiro atoms. The number of alkyl halides is 3. The third-order valence-electron chi connectivity index (χ3n) is 5.85. The van der Waals surface area contributed by atoms with Crippen molar-refractivity contribution in [2.24, 2.45) is 0 Å². The highest BCUT2D eigenvalue weighted by Gasteiger charge is 2.33. The van der Waals surface area contributed by atoms with Crippen molar-refractivity contribution in [1.29, 1.82) is 0 Å². The van der Waals surface area contributed by atoms with Crippen molar-refractivity contribution < 1.29 is 27.2 Å². The maximum absolute atomic E-state index is 13.1. The lowest BCUT2D eigenvalue weighted by Gasteiger charge is -2.33. The minimum Gasteiger partial charge on any atom is -0.444 e. The van der Waals surface area contributed by atoms with Crippen LogP contribution in [-0.4, -0.2) is 49.8 Å². The molecule has 0 unspecified atom stereocenters. The molecule has 4 rings (SSSR count). The molecule has 1 aliphatic rings. The summed E-state index contributed by atoms with van der Waals surface area (Å²) in [6.07, 6.45) is -3.53. The van der Waals surface area contributed by atoms with E-state index in [1.54, 1.807) is 18.7 Å². The highest BCUT2D eigenvalue weighted by atomic mass is 19.4. The van der Waals surface area contributed by atoms with E-state index in [-0.39, 0.29) is 29.3 Å². The normalized spacial score (nSPS) is 15.3. The molecule has 192 valence electrons. The van der Waals surface area contributed by atoms with E-state index in [0.717, 1.165) is 17.8 Å². The first kappa shape index (κ1) is 25.6. The first-order valence-corrected chi connectivity index (χ1v) is 11.7. The number of aryl methyl sites for hydroxylation is 2. The summed E-state index contributed by atoms with van der Waals surface area (Å²) in [4.78, 5) is 27.6. The molecule has 36 heavy (non-hydrogen) atoms. The third kappa shape index (κ3) is 5.66. The molecule has 0 atom stereocenters.